The Kier molecular flexibility index (Phi) is 7.09. The van der Waals surface area contributed by atoms with Crippen LogP contribution in [0.25, 0.3) is 0 Å². The number of hydrogen-bond acceptors (Lipinski definition) is 6. The van der Waals surface area contributed by atoms with Crippen molar-refractivity contribution in [3.05, 3.63) is 83.6 Å². The van der Waals surface area contributed by atoms with E-state index in [2.05, 4.69) is 17.2 Å². The van der Waals surface area contributed by atoms with Crippen LogP contribution in [0.4, 0.5) is 8.78 Å². The number of carbonyl (C=O) groups is 1. The van der Waals surface area contributed by atoms with Crippen LogP contribution in [0.15, 0.2) is 65.9 Å². The average molecular weight is 448 g/mol. The summed E-state index contributed by atoms with van der Waals surface area (Å²) < 4.78 is 28.3. The van der Waals surface area contributed by atoms with E-state index in [1.807, 2.05) is 18.2 Å². The van der Waals surface area contributed by atoms with E-state index in [9.17, 15) is 18.7 Å². The van der Waals surface area contributed by atoms with Crippen molar-refractivity contribution >= 4 is 22.7 Å². The van der Waals surface area contributed by atoms with Crippen molar-refractivity contribution in [2.75, 3.05) is 6.61 Å². The van der Waals surface area contributed by atoms with Gasteiger partial charge in [-0.3, -0.25) is 15.1 Å². The highest BCUT2D eigenvalue weighted by atomic mass is 32.2. The van der Waals surface area contributed by atoms with Gasteiger partial charge in [-0.15, -0.1) is 0 Å². The third-order valence-corrected chi connectivity index (χ3v) is 5.98. The Hall–Kier alpha value is -2.75. The van der Waals surface area contributed by atoms with Crippen LogP contribution in [0.5, 0.6) is 0 Å². The second kappa shape index (κ2) is 9.59. The summed E-state index contributed by atoms with van der Waals surface area (Å²) in [5.74, 6) is -1.96. The minimum absolute atomic E-state index is 0.0628. The first kappa shape index (κ1) is 22.9. The topological polar surface area (TPSA) is 74.2 Å². The molecule has 1 heterocycles. The number of allylic oxidation sites excluding steroid dienone is 1. The molecule has 0 aromatic heterocycles. The highest BCUT2D eigenvalue weighted by Gasteiger charge is 2.49. The molecule has 1 amide bonds. The van der Waals surface area contributed by atoms with Gasteiger partial charge in [0.2, 0.25) is 0 Å². The van der Waals surface area contributed by atoms with Crippen molar-refractivity contribution in [3.63, 3.8) is 0 Å². The number of aliphatic hydroxyl groups is 1. The largest absolute Gasteiger partial charge is 0.383 e. The summed E-state index contributed by atoms with van der Waals surface area (Å²) in [6, 6.07) is 12.1. The summed E-state index contributed by atoms with van der Waals surface area (Å²) in [5, 5.41) is 15.6. The molecular formula is C22H23F2N3O3S. The van der Waals surface area contributed by atoms with E-state index in [0.29, 0.717) is 11.3 Å². The highest BCUT2D eigenvalue weighted by Crippen LogP contribution is 2.50. The molecule has 31 heavy (non-hydrogen) atoms. The fourth-order valence-corrected chi connectivity index (χ4v) is 4.48. The molecule has 1 unspecified atom stereocenters. The summed E-state index contributed by atoms with van der Waals surface area (Å²) in [5.41, 5.74) is 3.90. The van der Waals surface area contributed by atoms with Gasteiger partial charge in [0.15, 0.2) is 0 Å². The Bertz CT molecular complexity index is 1000. The Morgan fingerprint density at radius 2 is 2.03 bits per heavy atom. The molecule has 3 rings (SSSR count). The molecule has 9 heteroatoms. The Balaban J connectivity index is 2.07. The number of amides is 1. The van der Waals surface area contributed by atoms with Gasteiger partial charge in [-0.05, 0) is 37.6 Å². The number of hydrazone groups is 1. The van der Waals surface area contributed by atoms with Crippen molar-refractivity contribution in [2.45, 2.75) is 31.2 Å². The zero-order chi connectivity index (χ0) is 22.6. The normalized spacial score (nSPS) is 19.1. The molecule has 0 saturated carbocycles. The minimum Gasteiger partial charge on any atom is -0.383 e. The summed E-state index contributed by atoms with van der Waals surface area (Å²) in [6.45, 7) is 6.91. The van der Waals surface area contributed by atoms with Gasteiger partial charge < -0.3 is 5.11 Å². The molecule has 2 aromatic carbocycles. The van der Waals surface area contributed by atoms with Gasteiger partial charge in [-0.2, -0.15) is 5.10 Å². The van der Waals surface area contributed by atoms with E-state index in [1.54, 1.807) is 19.1 Å². The fraction of sp³-hybridized carbons (Fsp3) is 0.273. The van der Waals surface area contributed by atoms with Gasteiger partial charge in [0.1, 0.15) is 27.7 Å². The molecule has 1 aliphatic rings. The molecular weight excluding hydrogens is 424 g/mol. The molecule has 0 aliphatic carbocycles. The zero-order valence-electron chi connectivity index (χ0n) is 17.1. The monoisotopic (exact) mass is 447 g/mol. The number of benzene rings is 2. The Morgan fingerprint density at radius 3 is 2.68 bits per heavy atom. The van der Waals surface area contributed by atoms with E-state index in [0.717, 1.165) is 35.0 Å². The van der Waals surface area contributed by atoms with Crippen LogP contribution in [0, 0.1) is 11.6 Å². The maximum atomic E-state index is 14.5. The van der Waals surface area contributed by atoms with Gasteiger partial charge in [0, 0.05) is 17.7 Å². The van der Waals surface area contributed by atoms with Crippen LogP contribution in [0.1, 0.15) is 31.4 Å². The maximum absolute atomic E-state index is 14.5. The first-order valence-electron chi connectivity index (χ1n) is 9.58. The molecule has 2 N–H and O–H groups in total. The first-order chi connectivity index (χ1) is 14.7. The lowest BCUT2D eigenvalue weighted by Gasteiger charge is -2.36. The number of rotatable bonds is 8. The minimum atomic E-state index is -1.35. The molecule has 0 spiro atoms. The molecule has 0 radical (unpaired) electrons. The molecule has 1 aliphatic heterocycles. The second-order valence-corrected chi connectivity index (χ2v) is 8.35. The van der Waals surface area contributed by atoms with Crippen LogP contribution in [0.2, 0.25) is 0 Å². The van der Waals surface area contributed by atoms with Crippen molar-refractivity contribution in [2.24, 2.45) is 5.10 Å². The number of nitrogens with zero attached hydrogens (tertiary/aromatic N) is 2. The summed E-state index contributed by atoms with van der Waals surface area (Å²) in [7, 11) is 0. The maximum Gasteiger partial charge on any atom is 0.272 e. The molecule has 0 bridgehead atoms. The number of thioether (sulfide) groups is 1. The van der Waals surface area contributed by atoms with E-state index in [1.165, 1.54) is 6.92 Å². The summed E-state index contributed by atoms with van der Waals surface area (Å²) in [6.07, 6.45) is -1.11. The predicted molar refractivity (Wildman–Crippen MR) is 116 cm³/mol. The number of hydroxylamine groups is 1. The number of halogens is 2. The van der Waals surface area contributed by atoms with Gasteiger partial charge in [-0.1, -0.05) is 48.7 Å². The third kappa shape index (κ3) is 4.95. The zero-order valence-corrected chi connectivity index (χ0v) is 18.0. The van der Waals surface area contributed by atoms with E-state index >= 15 is 0 Å². The van der Waals surface area contributed by atoms with Crippen molar-refractivity contribution in [1.29, 1.82) is 0 Å². The number of hydrogen-bond donors (Lipinski definition) is 2. The molecule has 0 fully saturated rings. The van der Waals surface area contributed by atoms with Crippen LogP contribution in [0.3, 0.4) is 0 Å². The van der Waals surface area contributed by atoms with E-state index < -0.39 is 28.5 Å². The Morgan fingerprint density at radius 1 is 1.32 bits per heavy atom. The van der Waals surface area contributed by atoms with Crippen LogP contribution in [-0.4, -0.2) is 33.8 Å². The fourth-order valence-electron chi connectivity index (χ4n) is 3.11. The first-order valence-corrected chi connectivity index (χ1v) is 10.4. The highest BCUT2D eigenvalue weighted by molar-refractivity contribution is 8.15. The van der Waals surface area contributed by atoms with Gasteiger partial charge in [-0.25, -0.2) is 13.8 Å². The third-order valence-electron chi connectivity index (χ3n) is 4.54. The molecule has 2 aromatic rings. The van der Waals surface area contributed by atoms with Crippen molar-refractivity contribution in [3.8, 4) is 0 Å². The van der Waals surface area contributed by atoms with Crippen molar-refractivity contribution < 1.29 is 23.5 Å². The van der Waals surface area contributed by atoms with E-state index in [-0.39, 0.29) is 23.6 Å². The number of nitrogens with one attached hydrogen (secondary N) is 1. The molecule has 6 nitrogen and oxygen atoms in total. The Labute approximate surface area is 183 Å². The number of aliphatic hydroxyl groups excluding tert-OH is 1. The molecule has 2 atom stereocenters. The lowest BCUT2D eigenvalue weighted by Crippen LogP contribution is -2.46. The van der Waals surface area contributed by atoms with Crippen LogP contribution < -0.4 is 5.48 Å². The number of carbonyl (C=O) groups excluding carboxylic acids is 1. The predicted octanol–water partition coefficient (Wildman–Crippen LogP) is 3.88. The standard InChI is InChI=1S/C22H23F2N3O3S/c1-14(2)26-30-12-11-22(16-7-5-4-6-8-16)27(21(29)15(3)28)25-20(31-22)18-13-17(23)9-10-19(18)24/h4-10,13,15,26,28H,1,11-12H2,2-3H3/t15-,22?/m0/s1. The summed E-state index contributed by atoms with van der Waals surface area (Å²) >= 11 is 1.11. The average Bonchev–Trinajstić information content (AvgIpc) is 3.13. The van der Waals surface area contributed by atoms with Gasteiger partial charge in [0.05, 0.1) is 6.61 Å². The van der Waals surface area contributed by atoms with Crippen LogP contribution >= 0.6 is 11.8 Å². The van der Waals surface area contributed by atoms with Crippen LogP contribution in [-0.2, 0) is 14.5 Å². The second-order valence-electron chi connectivity index (χ2n) is 7.09. The van der Waals surface area contributed by atoms with E-state index in [4.69, 9.17) is 4.84 Å². The lowest BCUT2D eigenvalue weighted by molar-refractivity contribution is -0.143. The molecule has 164 valence electrons. The van der Waals surface area contributed by atoms with Gasteiger partial charge in [0.25, 0.3) is 5.91 Å². The summed E-state index contributed by atoms with van der Waals surface area (Å²) in [4.78, 5) is 17.2. The van der Waals surface area contributed by atoms with Gasteiger partial charge >= 0.3 is 0 Å². The smallest absolute Gasteiger partial charge is 0.272 e. The SMILES string of the molecule is C=C(C)NOCCC1(c2ccccc2)SC(c2cc(F)ccc2F)=NN1C(=O)[C@H](C)O. The lowest BCUT2D eigenvalue weighted by atomic mass is 10.0. The quantitative estimate of drug-likeness (QED) is 0.475. The molecule has 0 saturated heterocycles. The van der Waals surface area contributed by atoms with Crippen molar-refractivity contribution in [1.82, 2.24) is 10.5 Å².